The molecule has 2 aliphatic carbocycles. The van der Waals surface area contributed by atoms with Crippen LogP contribution in [0.2, 0.25) is 0 Å². The van der Waals surface area contributed by atoms with Crippen molar-refractivity contribution in [3.8, 4) is 0 Å². The highest BCUT2D eigenvalue weighted by Gasteiger charge is 2.44. The van der Waals surface area contributed by atoms with Crippen molar-refractivity contribution in [1.29, 1.82) is 0 Å². The first-order chi connectivity index (χ1) is 11.7. The number of ether oxygens (including phenoxy) is 1. The lowest BCUT2D eigenvalue weighted by molar-refractivity contribution is -0.153. The van der Waals surface area contributed by atoms with E-state index in [2.05, 4.69) is 33.1 Å². The Bertz CT molecular complexity index is 560. The molecule has 2 aliphatic rings. The molecule has 0 aromatic heterocycles. The molecule has 1 N–H and O–H groups in total. The first-order valence-corrected chi connectivity index (χ1v) is 9.57. The maximum atomic E-state index is 11.8. The second kappa shape index (κ2) is 8.35. The van der Waals surface area contributed by atoms with E-state index in [-0.39, 0.29) is 18.0 Å². The average Bonchev–Trinajstić information content (AvgIpc) is 2.85. The number of rotatable bonds is 6. The highest BCUT2D eigenvalue weighted by molar-refractivity contribution is 5.66. The fourth-order valence-electron chi connectivity index (χ4n) is 4.63. The predicted octanol–water partition coefficient (Wildman–Crippen LogP) is 4.82. The number of carbonyl (C=O) groups is 1. The monoisotopic (exact) mass is 346 g/mol. The van der Waals surface area contributed by atoms with E-state index in [0.717, 1.165) is 31.3 Å². The van der Waals surface area contributed by atoms with Gasteiger partial charge in [0, 0.05) is 12.8 Å². The van der Waals surface area contributed by atoms with E-state index >= 15 is 0 Å². The van der Waals surface area contributed by atoms with Crippen molar-refractivity contribution in [2.45, 2.75) is 72.0 Å². The van der Waals surface area contributed by atoms with Crippen molar-refractivity contribution in [2.24, 2.45) is 23.7 Å². The third kappa shape index (κ3) is 4.63. The molecule has 140 valence electrons. The van der Waals surface area contributed by atoms with Gasteiger partial charge in [-0.25, -0.2) is 0 Å². The summed E-state index contributed by atoms with van der Waals surface area (Å²) < 4.78 is 5.89. The Labute approximate surface area is 152 Å². The third-order valence-corrected chi connectivity index (χ3v) is 6.25. The van der Waals surface area contributed by atoms with Crippen molar-refractivity contribution >= 4 is 5.97 Å². The van der Waals surface area contributed by atoms with E-state index in [9.17, 15) is 9.90 Å². The molecular weight excluding hydrogens is 312 g/mol. The Morgan fingerprint density at radius 3 is 2.68 bits per heavy atom. The summed E-state index contributed by atoms with van der Waals surface area (Å²) in [5, 5.41) is 10.1. The third-order valence-electron chi connectivity index (χ3n) is 6.25. The lowest BCUT2D eigenvalue weighted by Crippen LogP contribution is -2.38. The highest BCUT2D eigenvalue weighted by Crippen LogP contribution is 2.48. The van der Waals surface area contributed by atoms with Crippen LogP contribution in [0.5, 0.6) is 0 Å². The largest absolute Gasteiger partial charge is 0.462 e. The summed E-state index contributed by atoms with van der Waals surface area (Å²) in [6.07, 6.45) is 6.39. The zero-order valence-electron chi connectivity index (χ0n) is 16.3. The van der Waals surface area contributed by atoms with Gasteiger partial charge < -0.3 is 9.84 Å². The molecule has 0 aliphatic heterocycles. The average molecular weight is 347 g/mol. The first kappa shape index (κ1) is 20.0. The van der Waals surface area contributed by atoms with Gasteiger partial charge in [0.2, 0.25) is 0 Å². The summed E-state index contributed by atoms with van der Waals surface area (Å²) in [4.78, 5) is 11.8. The van der Waals surface area contributed by atoms with Gasteiger partial charge in [0.1, 0.15) is 6.10 Å². The molecule has 6 atom stereocenters. The standard InChI is InChI=1S/C22H34O3/c1-13(2)20(24)12-9-15(4)19-11-7-14(3)18-10-8-16(5)21(18)22(19)25-17(6)23/h8,15,18-22,24H,1,3,7,9-12H2,2,4-6H3/t15-,18?,19?,20?,21-,22-/m1/s1. The SMILES string of the molecule is C=C(C)C(O)CC[C@@H](C)C1CCC(=C)C2CC=C(C)[C@H]2[C@@H]1OC(C)=O. The van der Waals surface area contributed by atoms with Crippen LogP contribution in [0.15, 0.2) is 36.0 Å². The van der Waals surface area contributed by atoms with Crippen LogP contribution in [0.1, 0.15) is 59.8 Å². The topological polar surface area (TPSA) is 46.5 Å². The molecule has 1 saturated carbocycles. The number of esters is 1. The normalized spacial score (nSPS) is 31.6. The summed E-state index contributed by atoms with van der Waals surface area (Å²) in [6.45, 7) is 15.9. The van der Waals surface area contributed by atoms with Crippen LogP contribution in [0.3, 0.4) is 0 Å². The van der Waals surface area contributed by atoms with Crippen LogP contribution in [0.4, 0.5) is 0 Å². The Kier molecular flexibility index (Phi) is 6.67. The maximum absolute atomic E-state index is 11.8. The maximum Gasteiger partial charge on any atom is 0.302 e. The minimum atomic E-state index is -0.448. The summed E-state index contributed by atoms with van der Waals surface area (Å²) in [6, 6.07) is 0. The Balaban J connectivity index is 2.20. The van der Waals surface area contributed by atoms with Gasteiger partial charge in [-0.2, -0.15) is 0 Å². The van der Waals surface area contributed by atoms with Crippen LogP contribution >= 0.6 is 0 Å². The number of allylic oxidation sites excluding steroid dienone is 2. The van der Waals surface area contributed by atoms with E-state index in [1.54, 1.807) is 0 Å². The van der Waals surface area contributed by atoms with Crippen molar-refractivity contribution in [3.63, 3.8) is 0 Å². The lowest BCUT2D eigenvalue weighted by Gasteiger charge is -2.36. The van der Waals surface area contributed by atoms with Gasteiger partial charge in [-0.3, -0.25) is 4.79 Å². The van der Waals surface area contributed by atoms with Gasteiger partial charge in [-0.05, 0) is 63.7 Å². The van der Waals surface area contributed by atoms with Crippen molar-refractivity contribution in [3.05, 3.63) is 36.0 Å². The molecule has 0 aromatic carbocycles. The fraction of sp³-hybridized carbons (Fsp3) is 0.682. The summed E-state index contributed by atoms with van der Waals surface area (Å²) in [5.41, 5.74) is 3.44. The molecule has 0 amide bonds. The molecule has 2 rings (SSSR count). The van der Waals surface area contributed by atoms with E-state index in [1.807, 2.05) is 6.92 Å². The summed E-state index contributed by atoms with van der Waals surface area (Å²) >= 11 is 0. The van der Waals surface area contributed by atoms with Crippen LogP contribution in [-0.2, 0) is 9.53 Å². The van der Waals surface area contributed by atoms with Gasteiger partial charge in [-0.1, -0.05) is 42.9 Å². The number of aliphatic hydroxyl groups is 1. The van der Waals surface area contributed by atoms with Gasteiger partial charge in [0.25, 0.3) is 0 Å². The molecule has 3 unspecified atom stereocenters. The molecule has 25 heavy (non-hydrogen) atoms. The predicted molar refractivity (Wildman–Crippen MR) is 102 cm³/mol. The second-order valence-corrected chi connectivity index (χ2v) is 8.17. The van der Waals surface area contributed by atoms with E-state index in [1.165, 1.54) is 18.1 Å². The van der Waals surface area contributed by atoms with Gasteiger partial charge in [0.15, 0.2) is 0 Å². The van der Waals surface area contributed by atoms with Crippen molar-refractivity contribution < 1.29 is 14.6 Å². The van der Waals surface area contributed by atoms with Gasteiger partial charge in [-0.15, -0.1) is 0 Å². The van der Waals surface area contributed by atoms with Crippen LogP contribution in [-0.4, -0.2) is 23.3 Å². The smallest absolute Gasteiger partial charge is 0.302 e. The molecular formula is C22H34O3. The molecule has 0 spiro atoms. The molecule has 1 fully saturated rings. The quantitative estimate of drug-likeness (QED) is 0.554. The number of hydrogen-bond donors (Lipinski definition) is 1. The molecule has 0 heterocycles. The van der Waals surface area contributed by atoms with Gasteiger partial charge in [0.05, 0.1) is 6.10 Å². The van der Waals surface area contributed by atoms with Crippen LogP contribution in [0, 0.1) is 23.7 Å². The molecule has 3 heteroatoms. The number of carbonyl (C=O) groups excluding carboxylic acids is 1. The van der Waals surface area contributed by atoms with Crippen molar-refractivity contribution in [2.75, 3.05) is 0 Å². The van der Waals surface area contributed by atoms with Crippen LogP contribution in [0.25, 0.3) is 0 Å². The number of aliphatic hydroxyl groups excluding tert-OH is 1. The first-order valence-electron chi connectivity index (χ1n) is 9.57. The van der Waals surface area contributed by atoms with E-state index in [0.29, 0.717) is 24.2 Å². The Hall–Kier alpha value is -1.35. The lowest BCUT2D eigenvalue weighted by atomic mass is 9.75. The number of hydrogen-bond acceptors (Lipinski definition) is 3. The molecule has 0 saturated heterocycles. The Morgan fingerprint density at radius 2 is 2.08 bits per heavy atom. The van der Waals surface area contributed by atoms with Crippen LogP contribution < -0.4 is 0 Å². The zero-order valence-corrected chi connectivity index (χ0v) is 16.3. The second-order valence-electron chi connectivity index (χ2n) is 8.17. The van der Waals surface area contributed by atoms with E-state index < -0.39 is 6.10 Å². The number of fused-ring (bicyclic) bond motifs is 1. The molecule has 0 aromatic rings. The van der Waals surface area contributed by atoms with E-state index in [4.69, 9.17) is 4.74 Å². The molecule has 3 nitrogen and oxygen atoms in total. The summed E-state index contributed by atoms with van der Waals surface area (Å²) in [5.74, 6) is 1.14. The van der Waals surface area contributed by atoms with Gasteiger partial charge >= 0.3 is 5.97 Å². The molecule has 0 bridgehead atoms. The molecule has 0 radical (unpaired) electrons. The minimum absolute atomic E-state index is 0.0857. The Morgan fingerprint density at radius 1 is 1.40 bits per heavy atom. The minimum Gasteiger partial charge on any atom is -0.462 e. The zero-order chi connectivity index (χ0) is 18.7. The summed E-state index contributed by atoms with van der Waals surface area (Å²) in [7, 11) is 0. The highest BCUT2D eigenvalue weighted by atomic mass is 16.5. The fourth-order valence-corrected chi connectivity index (χ4v) is 4.63. The van der Waals surface area contributed by atoms with Crippen molar-refractivity contribution in [1.82, 2.24) is 0 Å².